The molecule has 0 aliphatic carbocycles. The molecule has 0 aromatic heterocycles. The molecular formula is C11H23N3O. The van der Waals surface area contributed by atoms with Crippen LogP contribution in [0.1, 0.15) is 19.8 Å². The second kappa shape index (κ2) is 6.08. The summed E-state index contributed by atoms with van der Waals surface area (Å²) in [5.74, 6) is 0.259. The Kier molecular flexibility index (Phi) is 5.05. The number of nitrogens with zero attached hydrogens (tertiary/aromatic N) is 2. The van der Waals surface area contributed by atoms with Gasteiger partial charge in [-0.1, -0.05) is 6.92 Å². The molecule has 1 fully saturated rings. The Labute approximate surface area is 92.6 Å². The molecule has 1 heterocycles. The van der Waals surface area contributed by atoms with E-state index in [0.29, 0.717) is 12.6 Å². The van der Waals surface area contributed by atoms with E-state index in [1.54, 1.807) is 0 Å². The molecule has 15 heavy (non-hydrogen) atoms. The fraction of sp³-hybridized carbons (Fsp3) is 0.909. The van der Waals surface area contributed by atoms with Crippen LogP contribution in [0.15, 0.2) is 0 Å². The van der Waals surface area contributed by atoms with Gasteiger partial charge in [0.05, 0.1) is 6.54 Å². The van der Waals surface area contributed by atoms with Crippen molar-refractivity contribution in [1.29, 1.82) is 0 Å². The van der Waals surface area contributed by atoms with Crippen molar-refractivity contribution in [2.75, 3.05) is 40.3 Å². The van der Waals surface area contributed by atoms with Crippen molar-refractivity contribution in [3.05, 3.63) is 0 Å². The molecule has 0 aromatic rings. The van der Waals surface area contributed by atoms with E-state index < -0.39 is 0 Å². The Morgan fingerprint density at radius 3 is 2.47 bits per heavy atom. The molecule has 0 aromatic carbocycles. The van der Waals surface area contributed by atoms with Gasteiger partial charge in [0.15, 0.2) is 0 Å². The lowest BCUT2D eigenvalue weighted by Crippen LogP contribution is -2.47. The van der Waals surface area contributed by atoms with E-state index in [4.69, 9.17) is 0 Å². The number of hydrogen-bond donors (Lipinski definition) is 1. The number of likely N-dealkylation sites (tertiary alicyclic amines) is 1. The predicted molar refractivity (Wildman–Crippen MR) is 61.8 cm³/mol. The van der Waals surface area contributed by atoms with Crippen molar-refractivity contribution in [3.63, 3.8) is 0 Å². The molecule has 1 N–H and O–H groups in total. The Morgan fingerprint density at radius 2 is 2.00 bits per heavy atom. The van der Waals surface area contributed by atoms with Gasteiger partial charge in [0.25, 0.3) is 0 Å². The summed E-state index contributed by atoms with van der Waals surface area (Å²) < 4.78 is 0. The van der Waals surface area contributed by atoms with E-state index in [0.717, 1.165) is 32.5 Å². The Hall–Kier alpha value is -0.610. The van der Waals surface area contributed by atoms with Crippen molar-refractivity contribution in [3.8, 4) is 0 Å². The lowest BCUT2D eigenvalue weighted by Gasteiger charge is -2.33. The molecule has 1 saturated heterocycles. The number of piperidine rings is 1. The molecular weight excluding hydrogens is 190 g/mol. The van der Waals surface area contributed by atoms with Crippen LogP contribution in [-0.4, -0.2) is 62.0 Å². The number of carbonyl (C=O) groups is 1. The Bertz CT molecular complexity index is 198. The summed E-state index contributed by atoms with van der Waals surface area (Å²) >= 11 is 0. The first kappa shape index (κ1) is 12.5. The summed E-state index contributed by atoms with van der Waals surface area (Å²) in [6.45, 7) is 5.50. The minimum absolute atomic E-state index is 0.259. The van der Waals surface area contributed by atoms with E-state index in [-0.39, 0.29) is 5.91 Å². The number of hydrogen-bond acceptors (Lipinski definition) is 3. The molecule has 0 spiro atoms. The zero-order chi connectivity index (χ0) is 11.3. The van der Waals surface area contributed by atoms with E-state index in [9.17, 15) is 4.79 Å². The van der Waals surface area contributed by atoms with E-state index in [1.165, 1.54) is 0 Å². The smallest absolute Gasteiger partial charge is 0.236 e. The molecule has 88 valence electrons. The molecule has 4 heteroatoms. The summed E-state index contributed by atoms with van der Waals surface area (Å²) in [4.78, 5) is 15.6. The molecule has 0 bridgehead atoms. The molecule has 1 aliphatic rings. The van der Waals surface area contributed by atoms with Crippen LogP contribution in [0, 0.1) is 0 Å². The lowest BCUT2D eigenvalue weighted by molar-refractivity contribution is -0.132. The van der Waals surface area contributed by atoms with E-state index >= 15 is 0 Å². The molecule has 0 radical (unpaired) electrons. The molecule has 0 atom stereocenters. The van der Waals surface area contributed by atoms with Gasteiger partial charge in [-0.15, -0.1) is 0 Å². The first-order valence-electron chi connectivity index (χ1n) is 5.79. The van der Waals surface area contributed by atoms with E-state index in [1.807, 2.05) is 23.9 Å². The second-order valence-electron chi connectivity index (χ2n) is 4.45. The van der Waals surface area contributed by atoms with Crippen LogP contribution < -0.4 is 5.32 Å². The van der Waals surface area contributed by atoms with Gasteiger partial charge in [-0.25, -0.2) is 0 Å². The number of rotatable bonds is 4. The highest BCUT2D eigenvalue weighted by Crippen LogP contribution is 2.10. The minimum atomic E-state index is 0.259. The van der Waals surface area contributed by atoms with Crippen molar-refractivity contribution < 1.29 is 4.79 Å². The van der Waals surface area contributed by atoms with Gasteiger partial charge in [0, 0.05) is 19.1 Å². The minimum Gasteiger partial charge on any atom is -0.341 e. The second-order valence-corrected chi connectivity index (χ2v) is 4.45. The average Bonchev–Trinajstić information content (AvgIpc) is 2.18. The average molecular weight is 213 g/mol. The molecule has 1 amide bonds. The van der Waals surface area contributed by atoms with Crippen LogP contribution >= 0.6 is 0 Å². The first-order chi connectivity index (χ1) is 7.13. The fourth-order valence-corrected chi connectivity index (χ4v) is 1.99. The summed E-state index contributed by atoms with van der Waals surface area (Å²) in [6.07, 6.45) is 2.18. The number of amides is 1. The monoisotopic (exact) mass is 213 g/mol. The maximum atomic E-state index is 11.7. The van der Waals surface area contributed by atoms with Crippen LogP contribution in [0.5, 0.6) is 0 Å². The normalized spacial score (nSPS) is 18.5. The van der Waals surface area contributed by atoms with Crippen LogP contribution in [0.3, 0.4) is 0 Å². The van der Waals surface area contributed by atoms with Crippen molar-refractivity contribution in [2.24, 2.45) is 0 Å². The van der Waals surface area contributed by atoms with Crippen molar-refractivity contribution >= 4 is 5.91 Å². The van der Waals surface area contributed by atoms with Crippen LogP contribution in [-0.2, 0) is 4.79 Å². The highest BCUT2D eigenvalue weighted by atomic mass is 16.2. The quantitative estimate of drug-likeness (QED) is 0.722. The highest BCUT2D eigenvalue weighted by molar-refractivity contribution is 5.78. The number of carbonyl (C=O) groups excluding carboxylic acids is 1. The maximum absolute atomic E-state index is 11.7. The van der Waals surface area contributed by atoms with Gasteiger partial charge >= 0.3 is 0 Å². The third kappa shape index (κ3) is 4.18. The molecule has 0 unspecified atom stereocenters. The molecule has 1 aliphatic heterocycles. The standard InChI is InChI=1S/C11H23N3O/c1-4-12-10-5-7-14(8-6-10)11(15)9-13(2)3/h10,12H,4-9H2,1-3H3. The molecule has 1 rings (SSSR count). The van der Waals surface area contributed by atoms with Gasteiger partial charge in [0.2, 0.25) is 5.91 Å². The summed E-state index contributed by atoms with van der Waals surface area (Å²) in [7, 11) is 3.87. The van der Waals surface area contributed by atoms with Gasteiger partial charge in [0.1, 0.15) is 0 Å². The fourth-order valence-electron chi connectivity index (χ4n) is 1.99. The topological polar surface area (TPSA) is 35.6 Å². The molecule has 4 nitrogen and oxygen atoms in total. The van der Waals surface area contributed by atoms with Gasteiger partial charge in [-0.2, -0.15) is 0 Å². The van der Waals surface area contributed by atoms with Crippen molar-refractivity contribution in [1.82, 2.24) is 15.1 Å². The first-order valence-corrected chi connectivity index (χ1v) is 5.79. The zero-order valence-electron chi connectivity index (χ0n) is 10.1. The maximum Gasteiger partial charge on any atom is 0.236 e. The summed E-state index contributed by atoms with van der Waals surface area (Å²) in [5, 5.41) is 3.44. The predicted octanol–water partition coefficient (Wildman–Crippen LogP) is 0.149. The van der Waals surface area contributed by atoms with Crippen LogP contribution in [0.4, 0.5) is 0 Å². The number of likely N-dealkylation sites (N-methyl/N-ethyl adjacent to an activating group) is 1. The van der Waals surface area contributed by atoms with Crippen LogP contribution in [0.2, 0.25) is 0 Å². The largest absolute Gasteiger partial charge is 0.341 e. The van der Waals surface area contributed by atoms with Crippen molar-refractivity contribution in [2.45, 2.75) is 25.8 Å². The zero-order valence-corrected chi connectivity index (χ0v) is 10.1. The summed E-state index contributed by atoms with van der Waals surface area (Å²) in [6, 6.07) is 0.610. The lowest BCUT2D eigenvalue weighted by atomic mass is 10.1. The highest BCUT2D eigenvalue weighted by Gasteiger charge is 2.21. The molecule has 0 saturated carbocycles. The Balaban J connectivity index is 2.27. The van der Waals surface area contributed by atoms with E-state index in [2.05, 4.69) is 12.2 Å². The van der Waals surface area contributed by atoms with Gasteiger partial charge in [-0.3, -0.25) is 4.79 Å². The van der Waals surface area contributed by atoms with Gasteiger partial charge in [-0.05, 0) is 33.5 Å². The SMILES string of the molecule is CCNC1CCN(C(=O)CN(C)C)CC1. The third-order valence-corrected chi connectivity index (χ3v) is 2.79. The Morgan fingerprint density at radius 1 is 1.40 bits per heavy atom. The third-order valence-electron chi connectivity index (χ3n) is 2.79. The van der Waals surface area contributed by atoms with Crippen LogP contribution in [0.25, 0.3) is 0 Å². The number of nitrogens with one attached hydrogen (secondary N) is 1. The van der Waals surface area contributed by atoms with Gasteiger partial charge < -0.3 is 15.1 Å². The summed E-state index contributed by atoms with van der Waals surface area (Å²) in [5.41, 5.74) is 0.